The van der Waals surface area contributed by atoms with Gasteiger partial charge in [-0.2, -0.15) is 5.26 Å². The van der Waals surface area contributed by atoms with Crippen molar-refractivity contribution in [3.63, 3.8) is 0 Å². The number of nitriles is 1. The number of benzene rings is 1. The zero-order valence-electron chi connectivity index (χ0n) is 10.7. The Morgan fingerprint density at radius 3 is 2.32 bits per heavy atom. The fourth-order valence-corrected chi connectivity index (χ4v) is 2.33. The highest BCUT2D eigenvalue weighted by Crippen LogP contribution is 2.17. The van der Waals surface area contributed by atoms with E-state index in [4.69, 9.17) is 5.26 Å². The highest BCUT2D eigenvalue weighted by atomic mass is 16.2. The molecule has 0 bridgehead atoms. The van der Waals surface area contributed by atoms with E-state index in [1.807, 2.05) is 6.07 Å². The first kappa shape index (κ1) is 13.3. The van der Waals surface area contributed by atoms with Crippen LogP contribution in [-0.4, -0.2) is 17.7 Å². The number of ketones is 1. The third-order valence-electron chi connectivity index (χ3n) is 3.42. The lowest BCUT2D eigenvalue weighted by Gasteiger charge is -2.22. The largest absolute Gasteiger partial charge is 0.346 e. The Labute approximate surface area is 112 Å². The molecule has 1 aliphatic carbocycles. The van der Waals surface area contributed by atoms with Crippen LogP contribution < -0.4 is 5.32 Å². The maximum absolute atomic E-state index is 11.9. The Morgan fingerprint density at radius 1 is 1.11 bits per heavy atom. The molecule has 2 rings (SSSR count). The summed E-state index contributed by atoms with van der Waals surface area (Å²) < 4.78 is 0. The predicted molar refractivity (Wildman–Crippen MR) is 70.5 cm³/mol. The fraction of sp³-hybridized carbons (Fsp3) is 0.400. The summed E-state index contributed by atoms with van der Waals surface area (Å²) >= 11 is 0. The van der Waals surface area contributed by atoms with Gasteiger partial charge in [-0.25, -0.2) is 0 Å². The second kappa shape index (κ2) is 6.14. The zero-order chi connectivity index (χ0) is 13.7. The van der Waals surface area contributed by atoms with E-state index in [0.717, 1.165) is 25.7 Å². The SMILES string of the molecule is N#Cc1ccc(C(=O)C(=O)NC2CCCCC2)cc1. The second-order valence-electron chi connectivity index (χ2n) is 4.83. The minimum Gasteiger partial charge on any atom is -0.346 e. The molecule has 1 fully saturated rings. The topological polar surface area (TPSA) is 70.0 Å². The molecule has 98 valence electrons. The maximum Gasteiger partial charge on any atom is 0.292 e. The molecular formula is C15H16N2O2. The van der Waals surface area contributed by atoms with E-state index in [1.165, 1.54) is 18.6 Å². The smallest absolute Gasteiger partial charge is 0.292 e. The summed E-state index contributed by atoms with van der Waals surface area (Å²) in [7, 11) is 0. The van der Waals surface area contributed by atoms with E-state index in [2.05, 4.69) is 5.32 Å². The predicted octanol–water partition coefficient (Wildman–Crippen LogP) is 2.19. The van der Waals surface area contributed by atoms with Gasteiger partial charge in [0, 0.05) is 11.6 Å². The number of nitrogens with one attached hydrogen (secondary N) is 1. The van der Waals surface area contributed by atoms with Crippen LogP contribution >= 0.6 is 0 Å². The minimum atomic E-state index is -0.545. The van der Waals surface area contributed by atoms with Gasteiger partial charge in [0.05, 0.1) is 11.6 Å². The lowest BCUT2D eigenvalue weighted by atomic mass is 9.95. The van der Waals surface area contributed by atoms with Crippen LogP contribution in [0.3, 0.4) is 0 Å². The summed E-state index contributed by atoms with van der Waals surface area (Å²) in [4.78, 5) is 23.8. The fourth-order valence-electron chi connectivity index (χ4n) is 2.33. The van der Waals surface area contributed by atoms with Gasteiger partial charge in [0.1, 0.15) is 0 Å². The molecule has 0 aliphatic heterocycles. The van der Waals surface area contributed by atoms with Crippen LogP contribution in [-0.2, 0) is 4.79 Å². The Bertz CT molecular complexity index is 508. The first-order valence-electron chi connectivity index (χ1n) is 6.56. The van der Waals surface area contributed by atoms with Gasteiger partial charge < -0.3 is 5.32 Å². The highest BCUT2D eigenvalue weighted by Gasteiger charge is 2.21. The quantitative estimate of drug-likeness (QED) is 0.665. The van der Waals surface area contributed by atoms with Crippen molar-refractivity contribution in [1.29, 1.82) is 5.26 Å². The standard InChI is InChI=1S/C15H16N2O2/c16-10-11-6-8-12(9-7-11)14(18)15(19)17-13-4-2-1-3-5-13/h6-9,13H,1-5H2,(H,17,19). The Kier molecular flexibility index (Phi) is 4.30. The molecule has 4 heteroatoms. The van der Waals surface area contributed by atoms with Crippen LogP contribution in [0.5, 0.6) is 0 Å². The molecule has 1 saturated carbocycles. The first-order valence-corrected chi connectivity index (χ1v) is 6.56. The van der Waals surface area contributed by atoms with Crippen LogP contribution in [0.2, 0.25) is 0 Å². The van der Waals surface area contributed by atoms with Gasteiger partial charge in [0.2, 0.25) is 5.78 Å². The summed E-state index contributed by atoms with van der Waals surface area (Å²) in [6.07, 6.45) is 5.32. The van der Waals surface area contributed by atoms with Crippen molar-refractivity contribution in [2.45, 2.75) is 38.1 Å². The number of rotatable bonds is 3. The molecule has 1 aliphatic rings. The van der Waals surface area contributed by atoms with Gasteiger partial charge in [0.15, 0.2) is 0 Å². The molecule has 0 atom stereocenters. The molecule has 0 radical (unpaired) electrons. The lowest BCUT2D eigenvalue weighted by Crippen LogP contribution is -2.40. The third kappa shape index (κ3) is 3.41. The van der Waals surface area contributed by atoms with Crippen LogP contribution in [0.4, 0.5) is 0 Å². The Balaban J connectivity index is 1.97. The van der Waals surface area contributed by atoms with E-state index in [0.29, 0.717) is 11.1 Å². The summed E-state index contributed by atoms with van der Waals surface area (Å²) in [6.45, 7) is 0. The van der Waals surface area contributed by atoms with Gasteiger partial charge in [0.25, 0.3) is 5.91 Å². The first-order chi connectivity index (χ1) is 9.20. The molecule has 0 saturated heterocycles. The van der Waals surface area contributed by atoms with Gasteiger partial charge >= 0.3 is 0 Å². The Morgan fingerprint density at radius 2 is 1.74 bits per heavy atom. The van der Waals surface area contributed by atoms with E-state index >= 15 is 0 Å². The average Bonchev–Trinajstić information content (AvgIpc) is 2.47. The molecule has 1 amide bonds. The number of amides is 1. The Hall–Kier alpha value is -2.15. The van der Waals surface area contributed by atoms with Crippen molar-refractivity contribution in [1.82, 2.24) is 5.32 Å². The van der Waals surface area contributed by atoms with Crippen LogP contribution in [0.25, 0.3) is 0 Å². The number of carbonyl (C=O) groups excluding carboxylic acids is 2. The van der Waals surface area contributed by atoms with Crippen molar-refractivity contribution in [3.8, 4) is 6.07 Å². The molecule has 0 heterocycles. The molecule has 4 nitrogen and oxygen atoms in total. The molecule has 0 aromatic heterocycles. The highest BCUT2D eigenvalue weighted by molar-refractivity contribution is 6.42. The summed E-state index contributed by atoms with van der Waals surface area (Å²) in [6, 6.07) is 8.22. The van der Waals surface area contributed by atoms with E-state index in [-0.39, 0.29) is 6.04 Å². The second-order valence-corrected chi connectivity index (χ2v) is 4.83. The van der Waals surface area contributed by atoms with Crippen molar-refractivity contribution >= 4 is 11.7 Å². The average molecular weight is 256 g/mol. The maximum atomic E-state index is 11.9. The number of hydrogen-bond acceptors (Lipinski definition) is 3. The number of Topliss-reactive ketones (excluding diaryl/α,β-unsaturated/α-hetero) is 1. The number of hydrogen-bond donors (Lipinski definition) is 1. The number of nitrogens with zero attached hydrogens (tertiary/aromatic N) is 1. The third-order valence-corrected chi connectivity index (χ3v) is 3.42. The van der Waals surface area contributed by atoms with Gasteiger partial charge in [-0.3, -0.25) is 9.59 Å². The van der Waals surface area contributed by atoms with E-state index in [1.54, 1.807) is 12.1 Å². The van der Waals surface area contributed by atoms with E-state index in [9.17, 15) is 9.59 Å². The molecule has 1 aromatic carbocycles. The van der Waals surface area contributed by atoms with E-state index < -0.39 is 11.7 Å². The van der Waals surface area contributed by atoms with Crippen molar-refractivity contribution in [2.24, 2.45) is 0 Å². The summed E-state index contributed by atoms with van der Waals surface area (Å²) in [5.41, 5.74) is 0.802. The molecule has 19 heavy (non-hydrogen) atoms. The van der Waals surface area contributed by atoms with Gasteiger partial charge in [-0.1, -0.05) is 19.3 Å². The molecule has 0 unspecified atom stereocenters. The van der Waals surface area contributed by atoms with Crippen molar-refractivity contribution in [3.05, 3.63) is 35.4 Å². The zero-order valence-corrected chi connectivity index (χ0v) is 10.7. The van der Waals surface area contributed by atoms with Crippen LogP contribution in [0.1, 0.15) is 48.0 Å². The minimum absolute atomic E-state index is 0.128. The molecular weight excluding hydrogens is 240 g/mol. The number of carbonyl (C=O) groups is 2. The molecule has 1 aromatic rings. The molecule has 1 N–H and O–H groups in total. The normalized spacial score (nSPS) is 15.5. The lowest BCUT2D eigenvalue weighted by molar-refractivity contribution is -0.117. The van der Waals surface area contributed by atoms with Crippen LogP contribution in [0, 0.1) is 11.3 Å². The summed E-state index contributed by atoms with van der Waals surface area (Å²) in [5, 5.41) is 11.5. The van der Waals surface area contributed by atoms with Gasteiger partial charge in [-0.15, -0.1) is 0 Å². The molecule has 0 spiro atoms. The monoisotopic (exact) mass is 256 g/mol. The summed E-state index contributed by atoms with van der Waals surface area (Å²) in [5.74, 6) is -1.08. The van der Waals surface area contributed by atoms with Crippen molar-refractivity contribution in [2.75, 3.05) is 0 Å². The van der Waals surface area contributed by atoms with Crippen LogP contribution in [0.15, 0.2) is 24.3 Å². The van der Waals surface area contributed by atoms with Crippen molar-refractivity contribution < 1.29 is 9.59 Å². The van der Waals surface area contributed by atoms with Gasteiger partial charge in [-0.05, 0) is 37.1 Å².